The van der Waals surface area contributed by atoms with Crippen LogP contribution >= 0.6 is 0 Å². The van der Waals surface area contributed by atoms with Gasteiger partial charge < -0.3 is 15.5 Å². The molecule has 0 spiro atoms. The third kappa shape index (κ3) is 0.578. The molecule has 3 heteroatoms. The molecule has 0 atom stereocenters. The number of aromatic hydroxyl groups is 1. The van der Waals surface area contributed by atoms with Crippen LogP contribution in [0.3, 0.4) is 0 Å². The molecule has 3 nitrogen and oxygen atoms in total. The molecule has 0 aromatic carbocycles. The average molecular weight is 110 g/mol. The molecular formula is C5H6N2O. The molecule has 3 N–H and O–H groups in total. The summed E-state index contributed by atoms with van der Waals surface area (Å²) in [7, 11) is 0. The highest BCUT2D eigenvalue weighted by Gasteiger charge is 1.93. The monoisotopic (exact) mass is 110 g/mol. The van der Waals surface area contributed by atoms with Crippen molar-refractivity contribution in [2.45, 2.75) is 0 Å². The normalized spacial score (nSPS) is 9.00. The molecule has 42 valence electrons. The predicted molar refractivity (Wildman–Crippen MR) is 30.3 cm³/mol. The van der Waals surface area contributed by atoms with E-state index in [1.165, 1.54) is 6.07 Å². The Balaban J connectivity index is 3.09. The minimum absolute atomic E-state index is 0.125. The lowest BCUT2D eigenvalue weighted by Gasteiger charge is -1.82. The summed E-state index contributed by atoms with van der Waals surface area (Å²) in [5.41, 5.74) is 0.449. The van der Waals surface area contributed by atoms with Crippen molar-refractivity contribution in [1.82, 2.24) is 4.98 Å². The van der Waals surface area contributed by atoms with Crippen molar-refractivity contribution < 1.29 is 5.11 Å². The minimum atomic E-state index is 0.125. The molecule has 0 amide bonds. The number of nitrogens with one attached hydrogen (secondary N) is 2. The summed E-state index contributed by atoms with van der Waals surface area (Å²) in [5.74, 6) is 0.125. The van der Waals surface area contributed by atoms with E-state index in [1.54, 1.807) is 6.20 Å². The van der Waals surface area contributed by atoms with Gasteiger partial charge in [0.1, 0.15) is 5.75 Å². The fourth-order valence-electron chi connectivity index (χ4n) is 0.490. The van der Waals surface area contributed by atoms with E-state index in [9.17, 15) is 0 Å². The summed E-state index contributed by atoms with van der Waals surface area (Å²) in [5, 5.41) is 15.5. The van der Waals surface area contributed by atoms with Crippen LogP contribution in [0.15, 0.2) is 12.3 Å². The van der Waals surface area contributed by atoms with Crippen LogP contribution < -0.4 is 0 Å². The van der Waals surface area contributed by atoms with Crippen molar-refractivity contribution in [2.24, 2.45) is 0 Å². The van der Waals surface area contributed by atoms with Gasteiger partial charge in [-0.3, -0.25) is 0 Å². The molecule has 8 heavy (non-hydrogen) atoms. The standard InChI is InChI=1S/C5H6N2O/c6-3-4-5(8)1-2-7-4/h1-3,6-8H. The van der Waals surface area contributed by atoms with Crippen molar-refractivity contribution in [3.63, 3.8) is 0 Å². The Labute approximate surface area is 46.5 Å². The lowest BCUT2D eigenvalue weighted by atomic mass is 10.4. The summed E-state index contributed by atoms with van der Waals surface area (Å²) in [6.07, 6.45) is 2.64. The van der Waals surface area contributed by atoms with E-state index in [0.717, 1.165) is 6.21 Å². The smallest absolute Gasteiger partial charge is 0.142 e. The van der Waals surface area contributed by atoms with Crippen LogP contribution in [0.2, 0.25) is 0 Å². The second-order valence-electron chi connectivity index (χ2n) is 1.42. The van der Waals surface area contributed by atoms with Crippen molar-refractivity contribution in [3.05, 3.63) is 18.0 Å². The van der Waals surface area contributed by atoms with Crippen LogP contribution in [0, 0.1) is 5.41 Å². The van der Waals surface area contributed by atoms with Crippen molar-refractivity contribution in [3.8, 4) is 5.75 Å². The van der Waals surface area contributed by atoms with E-state index in [0.29, 0.717) is 5.69 Å². The number of hydrogen-bond acceptors (Lipinski definition) is 2. The van der Waals surface area contributed by atoms with E-state index < -0.39 is 0 Å². The molecule has 0 aliphatic heterocycles. The van der Waals surface area contributed by atoms with Crippen LogP contribution in [-0.4, -0.2) is 16.3 Å². The molecule has 1 aromatic heterocycles. The second kappa shape index (κ2) is 1.69. The summed E-state index contributed by atoms with van der Waals surface area (Å²) < 4.78 is 0. The fourth-order valence-corrected chi connectivity index (χ4v) is 0.490. The van der Waals surface area contributed by atoms with E-state index in [-0.39, 0.29) is 5.75 Å². The first-order valence-corrected chi connectivity index (χ1v) is 2.21. The molecule has 0 fully saturated rings. The molecule has 0 saturated heterocycles. The average Bonchev–Trinajstić information content (AvgIpc) is 2.14. The number of H-pyrrole nitrogens is 1. The van der Waals surface area contributed by atoms with Gasteiger partial charge in [0.05, 0.1) is 5.69 Å². The first-order valence-electron chi connectivity index (χ1n) is 2.21. The Hall–Kier alpha value is -1.25. The van der Waals surface area contributed by atoms with Crippen LogP contribution in [0.1, 0.15) is 5.69 Å². The van der Waals surface area contributed by atoms with Crippen LogP contribution in [0.4, 0.5) is 0 Å². The van der Waals surface area contributed by atoms with Crippen LogP contribution in [-0.2, 0) is 0 Å². The molecule has 1 rings (SSSR count). The Morgan fingerprint density at radius 1 is 1.75 bits per heavy atom. The van der Waals surface area contributed by atoms with Crippen molar-refractivity contribution in [2.75, 3.05) is 0 Å². The summed E-state index contributed by atoms with van der Waals surface area (Å²) in [6, 6.07) is 1.50. The lowest BCUT2D eigenvalue weighted by Crippen LogP contribution is -1.75. The second-order valence-corrected chi connectivity index (χ2v) is 1.42. The maximum Gasteiger partial charge on any atom is 0.142 e. The van der Waals surface area contributed by atoms with Crippen LogP contribution in [0.25, 0.3) is 0 Å². The van der Waals surface area contributed by atoms with E-state index in [4.69, 9.17) is 10.5 Å². The zero-order valence-corrected chi connectivity index (χ0v) is 4.18. The Morgan fingerprint density at radius 3 is 2.75 bits per heavy atom. The molecule has 0 saturated carbocycles. The maximum absolute atomic E-state index is 8.77. The first-order chi connectivity index (χ1) is 3.84. The number of rotatable bonds is 1. The van der Waals surface area contributed by atoms with Gasteiger partial charge in [-0.1, -0.05) is 0 Å². The third-order valence-electron chi connectivity index (χ3n) is 0.900. The number of aromatic amines is 1. The minimum Gasteiger partial charge on any atom is -0.506 e. The highest BCUT2D eigenvalue weighted by molar-refractivity contribution is 5.78. The van der Waals surface area contributed by atoms with Crippen molar-refractivity contribution >= 4 is 6.21 Å². The maximum atomic E-state index is 8.77. The molecule has 0 aliphatic rings. The van der Waals surface area contributed by atoms with E-state index in [1.807, 2.05) is 0 Å². The summed E-state index contributed by atoms with van der Waals surface area (Å²) in [6.45, 7) is 0. The van der Waals surface area contributed by atoms with Gasteiger partial charge in [0.15, 0.2) is 0 Å². The quantitative estimate of drug-likeness (QED) is 0.458. The van der Waals surface area contributed by atoms with Gasteiger partial charge in [-0.2, -0.15) is 0 Å². The van der Waals surface area contributed by atoms with Gasteiger partial charge in [-0.15, -0.1) is 0 Å². The number of aromatic nitrogens is 1. The van der Waals surface area contributed by atoms with Gasteiger partial charge in [-0.25, -0.2) is 0 Å². The highest BCUT2D eigenvalue weighted by atomic mass is 16.3. The highest BCUT2D eigenvalue weighted by Crippen LogP contribution is 2.09. The SMILES string of the molecule is N=Cc1[nH]ccc1O. The Bertz CT molecular complexity index is 192. The summed E-state index contributed by atoms with van der Waals surface area (Å²) in [4.78, 5) is 2.66. The lowest BCUT2D eigenvalue weighted by molar-refractivity contribution is 0.475. The number of hydrogen-bond donors (Lipinski definition) is 3. The predicted octanol–water partition coefficient (Wildman–Crippen LogP) is 0.718. The van der Waals surface area contributed by atoms with Gasteiger partial charge >= 0.3 is 0 Å². The molecule has 0 unspecified atom stereocenters. The fraction of sp³-hybridized carbons (Fsp3) is 0. The Kier molecular flexibility index (Phi) is 1.04. The topological polar surface area (TPSA) is 59.9 Å². The van der Waals surface area contributed by atoms with Gasteiger partial charge in [0, 0.05) is 12.4 Å². The van der Waals surface area contributed by atoms with E-state index >= 15 is 0 Å². The van der Waals surface area contributed by atoms with Crippen molar-refractivity contribution in [1.29, 1.82) is 5.41 Å². The van der Waals surface area contributed by atoms with Gasteiger partial charge in [0.25, 0.3) is 0 Å². The Morgan fingerprint density at radius 2 is 2.50 bits per heavy atom. The van der Waals surface area contributed by atoms with E-state index in [2.05, 4.69) is 4.98 Å². The largest absolute Gasteiger partial charge is 0.506 e. The molecule has 1 heterocycles. The molecular weight excluding hydrogens is 104 g/mol. The molecule has 0 radical (unpaired) electrons. The zero-order chi connectivity index (χ0) is 5.98. The molecule has 0 bridgehead atoms. The molecule has 0 aliphatic carbocycles. The molecule has 1 aromatic rings. The zero-order valence-electron chi connectivity index (χ0n) is 4.18. The summed E-state index contributed by atoms with van der Waals surface area (Å²) >= 11 is 0. The third-order valence-corrected chi connectivity index (χ3v) is 0.900. The van der Waals surface area contributed by atoms with Gasteiger partial charge in [0.2, 0.25) is 0 Å². The van der Waals surface area contributed by atoms with Gasteiger partial charge in [-0.05, 0) is 6.07 Å². The van der Waals surface area contributed by atoms with Crippen LogP contribution in [0.5, 0.6) is 5.75 Å². The first kappa shape index (κ1) is 4.90.